The van der Waals surface area contributed by atoms with Crippen LogP contribution in [0.2, 0.25) is 0 Å². The number of nitrogens with zero attached hydrogens (tertiary/aromatic N) is 2. The smallest absolute Gasteiger partial charge is 0.410 e. The highest BCUT2D eigenvalue weighted by molar-refractivity contribution is 5.86. The van der Waals surface area contributed by atoms with Crippen molar-refractivity contribution in [3.63, 3.8) is 0 Å². The minimum atomic E-state index is -0.457. The van der Waals surface area contributed by atoms with Crippen LogP contribution in [0.25, 0.3) is 0 Å². The molecule has 0 aliphatic carbocycles. The third kappa shape index (κ3) is 4.69. The summed E-state index contributed by atoms with van der Waals surface area (Å²) in [6.07, 6.45) is 1.54. The first-order valence-electron chi connectivity index (χ1n) is 7.96. The van der Waals surface area contributed by atoms with Crippen LogP contribution < -0.4 is 0 Å². The summed E-state index contributed by atoms with van der Waals surface area (Å²) in [5, 5.41) is 8.86. The lowest BCUT2D eigenvalue weighted by molar-refractivity contribution is -0.134. The van der Waals surface area contributed by atoms with Crippen LogP contribution in [-0.4, -0.2) is 59.7 Å². The minimum absolute atomic E-state index is 0.0467. The number of aliphatic hydroxyl groups excluding tert-OH is 1. The van der Waals surface area contributed by atoms with Gasteiger partial charge in [-0.1, -0.05) is 30.3 Å². The molecule has 1 saturated heterocycles. The lowest BCUT2D eigenvalue weighted by Crippen LogP contribution is -2.47. The van der Waals surface area contributed by atoms with Gasteiger partial charge in [0, 0.05) is 26.7 Å². The van der Waals surface area contributed by atoms with Crippen molar-refractivity contribution >= 4 is 12.0 Å². The van der Waals surface area contributed by atoms with E-state index in [1.54, 1.807) is 11.9 Å². The molecule has 0 aromatic heterocycles. The zero-order valence-corrected chi connectivity index (χ0v) is 13.5. The molecule has 1 N–H and O–H groups in total. The van der Waals surface area contributed by atoms with Crippen LogP contribution in [0, 0.1) is 0 Å². The Kier molecular flexibility index (Phi) is 6.40. The van der Waals surface area contributed by atoms with E-state index in [9.17, 15) is 9.59 Å². The lowest BCUT2D eigenvalue weighted by atomic mass is 10.2. The third-order valence-electron chi connectivity index (χ3n) is 4.01. The van der Waals surface area contributed by atoms with Gasteiger partial charge in [-0.2, -0.15) is 0 Å². The molecule has 2 rings (SSSR count). The van der Waals surface area contributed by atoms with Crippen molar-refractivity contribution in [2.75, 3.05) is 26.7 Å². The Morgan fingerprint density at radius 2 is 2.09 bits per heavy atom. The number of amides is 2. The normalized spacial score (nSPS) is 17.1. The maximum Gasteiger partial charge on any atom is 0.410 e. The Morgan fingerprint density at radius 3 is 2.78 bits per heavy atom. The van der Waals surface area contributed by atoms with E-state index in [2.05, 4.69) is 0 Å². The minimum Gasteiger partial charge on any atom is -0.445 e. The van der Waals surface area contributed by atoms with E-state index in [1.807, 2.05) is 30.3 Å². The number of rotatable bonds is 6. The van der Waals surface area contributed by atoms with Crippen molar-refractivity contribution in [1.29, 1.82) is 0 Å². The topological polar surface area (TPSA) is 70.1 Å². The molecule has 0 spiro atoms. The second kappa shape index (κ2) is 8.53. The van der Waals surface area contributed by atoms with E-state index in [4.69, 9.17) is 9.84 Å². The average molecular weight is 320 g/mol. The number of likely N-dealkylation sites (tertiary alicyclic amines) is 1. The maximum absolute atomic E-state index is 12.4. The van der Waals surface area contributed by atoms with Crippen LogP contribution >= 0.6 is 0 Å². The molecule has 2 amide bonds. The van der Waals surface area contributed by atoms with Crippen LogP contribution in [0.15, 0.2) is 30.3 Å². The Balaban J connectivity index is 1.89. The first kappa shape index (κ1) is 17.3. The first-order valence-corrected chi connectivity index (χ1v) is 7.96. The van der Waals surface area contributed by atoms with Crippen molar-refractivity contribution in [3.8, 4) is 0 Å². The van der Waals surface area contributed by atoms with Gasteiger partial charge >= 0.3 is 6.09 Å². The molecule has 23 heavy (non-hydrogen) atoms. The Labute approximate surface area is 136 Å². The molecule has 1 aliphatic rings. The van der Waals surface area contributed by atoms with Gasteiger partial charge in [0.1, 0.15) is 12.6 Å². The van der Waals surface area contributed by atoms with E-state index in [0.29, 0.717) is 25.9 Å². The molecule has 1 atom stereocenters. The van der Waals surface area contributed by atoms with Gasteiger partial charge in [0.05, 0.1) is 0 Å². The van der Waals surface area contributed by atoms with Gasteiger partial charge in [-0.15, -0.1) is 0 Å². The molecular weight excluding hydrogens is 296 g/mol. The number of aliphatic hydroxyl groups is 1. The van der Waals surface area contributed by atoms with Gasteiger partial charge in [0.25, 0.3) is 0 Å². The standard InChI is InChI=1S/C17H24N2O4/c1-18(10-6-12-20)16(21)15-9-5-11-19(15)17(22)23-13-14-7-3-2-4-8-14/h2-4,7-8,15,20H,5-6,9-13H2,1H3/t15-/m1/s1. The maximum atomic E-state index is 12.4. The molecule has 0 saturated carbocycles. The molecule has 0 bridgehead atoms. The second-order valence-electron chi connectivity index (χ2n) is 5.73. The Hall–Kier alpha value is -2.08. The number of carbonyl (C=O) groups is 2. The second-order valence-corrected chi connectivity index (χ2v) is 5.73. The van der Waals surface area contributed by atoms with Gasteiger partial charge in [-0.25, -0.2) is 4.79 Å². The summed E-state index contributed by atoms with van der Waals surface area (Å²) in [7, 11) is 1.70. The largest absolute Gasteiger partial charge is 0.445 e. The van der Waals surface area contributed by atoms with Crippen LogP contribution in [0.5, 0.6) is 0 Å². The summed E-state index contributed by atoms with van der Waals surface area (Å²) >= 11 is 0. The molecule has 126 valence electrons. The summed E-state index contributed by atoms with van der Waals surface area (Å²) in [6, 6.07) is 9.01. The molecule has 1 aliphatic heterocycles. The molecule has 1 fully saturated rings. The van der Waals surface area contributed by atoms with Gasteiger partial charge in [0.2, 0.25) is 5.91 Å². The SMILES string of the molecule is CN(CCCO)C(=O)[C@H]1CCCN1C(=O)OCc1ccccc1. The molecule has 1 aromatic rings. The Morgan fingerprint density at radius 1 is 1.35 bits per heavy atom. The van der Waals surface area contributed by atoms with Crippen LogP contribution in [0.1, 0.15) is 24.8 Å². The molecular formula is C17H24N2O4. The number of ether oxygens (including phenoxy) is 1. The fraction of sp³-hybridized carbons (Fsp3) is 0.529. The number of hydrogen-bond acceptors (Lipinski definition) is 4. The number of benzene rings is 1. The van der Waals surface area contributed by atoms with Crippen molar-refractivity contribution < 1.29 is 19.4 Å². The van der Waals surface area contributed by atoms with E-state index < -0.39 is 12.1 Å². The fourth-order valence-electron chi connectivity index (χ4n) is 2.72. The number of likely N-dealkylation sites (N-methyl/N-ethyl adjacent to an activating group) is 1. The monoisotopic (exact) mass is 320 g/mol. The predicted octanol–water partition coefficient (Wildman–Crippen LogP) is 1.63. The molecule has 0 radical (unpaired) electrons. The molecule has 1 heterocycles. The summed E-state index contributed by atoms with van der Waals surface area (Å²) < 4.78 is 5.33. The zero-order valence-electron chi connectivity index (χ0n) is 13.5. The number of carbonyl (C=O) groups excluding carboxylic acids is 2. The van der Waals surface area contributed by atoms with Crippen molar-refractivity contribution in [2.45, 2.75) is 31.9 Å². The summed E-state index contributed by atoms with van der Waals surface area (Å²) in [4.78, 5) is 27.8. The molecule has 6 nitrogen and oxygen atoms in total. The van der Waals surface area contributed by atoms with Crippen LogP contribution in [0.4, 0.5) is 4.79 Å². The summed E-state index contributed by atoms with van der Waals surface area (Å²) in [5.41, 5.74) is 0.919. The van der Waals surface area contributed by atoms with Gasteiger partial charge < -0.3 is 14.7 Å². The van der Waals surface area contributed by atoms with Crippen LogP contribution in [-0.2, 0) is 16.1 Å². The predicted molar refractivity (Wildman–Crippen MR) is 85.7 cm³/mol. The quantitative estimate of drug-likeness (QED) is 0.865. The lowest BCUT2D eigenvalue weighted by Gasteiger charge is -2.27. The molecule has 1 aromatic carbocycles. The van der Waals surface area contributed by atoms with Crippen molar-refractivity contribution in [2.24, 2.45) is 0 Å². The first-order chi connectivity index (χ1) is 11.1. The van der Waals surface area contributed by atoms with Gasteiger partial charge in [-0.05, 0) is 24.8 Å². The summed E-state index contributed by atoms with van der Waals surface area (Å²) in [6.45, 7) is 1.28. The van der Waals surface area contributed by atoms with Gasteiger partial charge in [0.15, 0.2) is 0 Å². The average Bonchev–Trinajstić information content (AvgIpc) is 3.07. The Bertz CT molecular complexity index is 521. The van der Waals surface area contributed by atoms with Crippen LogP contribution in [0.3, 0.4) is 0 Å². The van der Waals surface area contributed by atoms with E-state index >= 15 is 0 Å². The summed E-state index contributed by atoms with van der Waals surface area (Å²) in [5.74, 6) is -0.0902. The van der Waals surface area contributed by atoms with E-state index in [0.717, 1.165) is 12.0 Å². The highest BCUT2D eigenvalue weighted by Crippen LogP contribution is 2.20. The molecule has 6 heteroatoms. The highest BCUT2D eigenvalue weighted by Gasteiger charge is 2.36. The zero-order chi connectivity index (χ0) is 16.7. The third-order valence-corrected chi connectivity index (χ3v) is 4.01. The highest BCUT2D eigenvalue weighted by atomic mass is 16.6. The molecule has 0 unspecified atom stereocenters. The number of hydrogen-bond donors (Lipinski definition) is 1. The van der Waals surface area contributed by atoms with Crippen molar-refractivity contribution in [3.05, 3.63) is 35.9 Å². The van der Waals surface area contributed by atoms with E-state index in [-0.39, 0.29) is 19.1 Å². The fourth-order valence-corrected chi connectivity index (χ4v) is 2.72. The van der Waals surface area contributed by atoms with Crippen molar-refractivity contribution in [1.82, 2.24) is 9.80 Å². The van der Waals surface area contributed by atoms with E-state index in [1.165, 1.54) is 4.90 Å². The van der Waals surface area contributed by atoms with Gasteiger partial charge in [-0.3, -0.25) is 9.69 Å².